The third kappa shape index (κ3) is 34.8. The largest absolute Gasteiger partial charge is 0.472 e. The Kier molecular flexibility index (Phi) is 36.2. The summed E-state index contributed by atoms with van der Waals surface area (Å²) in [6.07, 6.45) is 26.6. The molecule has 22 heteroatoms. The Labute approximate surface area is 409 Å². The number of allylic oxidation sites excluding steroid dienone is 10. The predicted molar refractivity (Wildman–Crippen MR) is 261 cm³/mol. The number of rotatable bonds is 41. The van der Waals surface area contributed by atoms with Crippen LogP contribution in [0.2, 0.25) is 0 Å². The van der Waals surface area contributed by atoms with Crippen LogP contribution in [0.5, 0.6) is 0 Å². The second kappa shape index (κ2) is 38.5. The number of aliphatic hydroxyl groups is 3. The molecule has 0 bridgehead atoms. The summed E-state index contributed by atoms with van der Waals surface area (Å²) in [6.45, 7) is 2.83. The van der Waals surface area contributed by atoms with Crippen LogP contribution in [0.3, 0.4) is 0 Å². The quantitative estimate of drug-likeness (QED) is 0.0122. The molecule has 8 unspecified atom stereocenters. The van der Waals surface area contributed by atoms with Gasteiger partial charge < -0.3 is 49.3 Å². The fraction of sp³-hybridized carbons (Fsp3) is 0.745. The molecule has 1 rings (SSSR count). The lowest BCUT2D eigenvalue weighted by atomic mass is 9.85. The average Bonchev–Trinajstić information content (AvgIpc) is 3.28. The third-order valence-corrected chi connectivity index (χ3v) is 12.8. The summed E-state index contributed by atoms with van der Waals surface area (Å²) in [6, 6.07) is 0. The molecule has 0 aromatic heterocycles. The highest BCUT2D eigenvalue weighted by Gasteiger charge is 2.56. The monoisotopic (exact) mass is 1040 g/mol. The van der Waals surface area contributed by atoms with Gasteiger partial charge in [0.25, 0.3) is 0 Å². The number of ether oxygens (including phenoxy) is 2. The predicted octanol–water partition coefficient (Wildman–Crippen LogP) is 9.18. The molecule has 1 fully saturated rings. The molecular formula is C47H83O19P3. The molecule has 8 N–H and O–H groups in total. The van der Waals surface area contributed by atoms with E-state index in [-0.39, 0.29) is 12.8 Å². The Morgan fingerprint density at radius 3 is 1.35 bits per heavy atom. The average molecular weight is 1050 g/mol. The maximum Gasteiger partial charge on any atom is 0.472 e. The molecule has 1 aliphatic rings. The standard InChI is InChI=1S/C47H83O19P3/c1-3-5-7-9-11-13-15-17-18-19-20-21-22-24-26-28-30-32-34-36-41(49)63-39(37-61-40(48)35-33-31-29-27-25-23-16-14-12-10-8-6-4-2)38-62-69(59,60)66-45-42(50)43(51)46(64-67(53,54)55)47(44(45)52)65-68(56,57)58/h8,10-11,13-14,16-18,20-21,39,42-47,50-52H,3-7,9,12,15,19,22-38H2,1-2H3,(H,59,60)(H2,53,54,55)(H2,56,57,58). The summed E-state index contributed by atoms with van der Waals surface area (Å²) >= 11 is 0. The highest BCUT2D eigenvalue weighted by molar-refractivity contribution is 7.47. The first-order chi connectivity index (χ1) is 32.8. The van der Waals surface area contributed by atoms with Crippen molar-refractivity contribution in [1.82, 2.24) is 0 Å². The fourth-order valence-electron chi connectivity index (χ4n) is 7.10. The Balaban J connectivity index is 2.72. The summed E-state index contributed by atoms with van der Waals surface area (Å²) < 4.78 is 65.5. The van der Waals surface area contributed by atoms with E-state index in [9.17, 15) is 63.1 Å². The van der Waals surface area contributed by atoms with Crippen molar-refractivity contribution in [2.24, 2.45) is 0 Å². The molecule has 0 amide bonds. The molecule has 0 aromatic rings. The van der Waals surface area contributed by atoms with E-state index in [1.54, 1.807) is 0 Å². The molecule has 0 spiro atoms. The van der Waals surface area contributed by atoms with Gasteiger partial charge in [0.1, 0.15) is 43.2 Å². The smallest absolute Gasteiger partial charge is 0.462 e. The molecule has 69 heavy (non-hydrogen) atoms. The molecule has 0 aromatic carbocycles. The van der Waals surface area contributed by atoms with Gasteiger partial charge in [0.2, 0.25) is 0 Å². The Morgan fingerprint density at radius 2 is 0.870 bits per heavy atom. The lowest BCUT2D eigenvalue weighted by Gasteiger charge is -2.44. The van der Waals surface area contributed by atoms with E-state index in [4.69, 9.17) is 18.5 Å². The van der Waals surface area contributed by atoms with Crippen LogP contribution < -0.4 is 0 Å². The van der Waals surface area contributed by atoms with Gasteiger partial charge >= 0.3 is 35.4 Å². The van der Waals surface area contributed by atoms with Crippen molar-refractivity contribution in [2.45, 2.75) is 211 Å². The van der Waals surface area contributed by atoms with Crippen molar-refractivity contribution in [3.63, 3.8) is 0 Å². The van der Waals surface area contributed by atoms with E-state index in [2.05, 4.69) is 83.7 Å². The van der Waals surface area contributed by atoms with E-state index in [0.717, 1.165) is 109 Å². The highest BCUT2D eigenvalue weighted by Crippen LogP contribution is 2.51. The van der Waals surface area contributed by atoms with Crippen molar-refractivity contribution in [2.75, 3.05) is 13.2 Å². The van der Waals surface area contributed by atoms with E-state index in [1.165, 1.54) is 19.3 Å². The second-order valence-corrected chi connectivity index (χ2v) is 20.8. The van der Waals surface area contributed by atoms with Gasteiger partial charge in [-0.15, -0.1) is 0 Å². The number of phosphoric ester groups is 3. The first-order valence-electron chi connectivity index (χ1n) is 24.6. The second-order valence-electron chi connectivity index (χ2n) is 17.0. The van der Waals surface area contributed by atoms with Gasteiger partial charge in [-0.2, -0.15) is 0 Å². The zero-order chi connectivity index (χ0) is 51.4. The van der Waals surface area contributed by atoms with Crippen molar-refractivity contribution in [3.8, 4) is 0 Å². The molecule has 0 heterocycles. The van der Waals surface area contributed by atoms with Crippen LogP contribution in [-0.2, 0) is 50.9 Å². The van der Waals surface area contributed by atoms with Crippen molar-refractivity contribution in [3.05, 3.63) is 60.8 Å². The highest BCUT2D eigenvalue weighted by atomic mass is 31.2. The van der Waals surface area contributed by atoms with Crippen LogP contribution in [0.15, 0.2) is 60.8 Å². The summed E-state index contributed by atoms with van der Waals surface area (Å²) in [4.78, 5) is 73.3. The zero-order valence-electron chi connectivity index (χ0n) is 40.6. The number of esters is 2. The normalized spacial score (nSPS) is 21.8. The molecule has 1 aliphatic carbocycles. The number of hydrogen-bond donors (Lipinski definition) is 8. The molecule has 400 valence electrons. The van der Waals surface area contributed by atoms with Crippen LogP contribution in [0.4, 0.5) is 0 Å². The summed E-state index contributed by atoms with van der Waals surface area (Å²) in [5.41, 5.74) is 0. The molecule has 1 saturated carbocycles. The first-order valence-corrected chi connectivity index (χ1v) is 29.1. The third-order valence-electron chi connectivity index (χ3n) is 10.8. The fourth-order valence-corrected chi connectivity index (χ4v) is 9.19. The Morgan fingerprint density at radius 1 is 0.464 bits per heavy atom. The van der Waals surface area contributed by atoms with Gasteiger partial charge in [-0.25, -0.2) is 13.7 Å². The van der Waals surface area contributed by atoms with Crippen LogP contribution in [0.25, 0.3) is 0 Å². The number of phosphoric acid groups is 3. The van der Waals surface area contributed by atoms with Crippen LogP contribution in [0.1, 0.15) is 168 Å². The minimum absolute atomic E-state index is 0.0222. The topological polar surface area (TPSA) is 303 Å². The number of aliphatic hydroxyl groups excluding tert-OH is 3. The van der Waals surface area contributed by atoms with Crippen molar-refractivity contribution >= 4 is 35.4 Å². The summed E-state index contributed by atoms with van der Waals surface area (Å²) in [5, 5.41) is 31.9. The summed E-state index contributed by atoms with van der Waals surface area (Å²) in [5.74, 6) is -1.33. The zero-order valence-corrected chi connectivity index (χ0v) is 43.3. The van der Waals surface area contributed by atoms with Gasteiger partial charge in [-0.1, -0.05) is 139 Å². The SMILES string of the molecule is CCCC=CCC=CCCCCCCCC(=O)OCC(COP(=O)(O)OC1C(O)C(O)C(OP(=O)(O)O)C(OP(=O)(O)O)C1O)OC(=O)CCCCCCCCC=CCC=CCC=CCCCCC. The van der Waals surface area contributed by atoms with E-state index in [1.807, 2.05) is 0 Å². The maximum absolute atomic E-state index is 13.1. The van der Waals surface area contributed by atoms with Crippen molar-refractivity contribution in [1.29, 1.82) is 0 Å². The number of unbranched alkanes of at least 4 members (excludes halogenated alkanes) is 15. The lowest BCUT2D eigenvalue weighted by molar-refractivity contribution is -0.213. The molecule has 0 aliphatic heterocycles. The molecular weight excluding hydrogens is 961 g/mol. The van der Waals surface area contributed by atoms with Gasteiger partial charge in [0.05, 0.1) is 6.61 Å². The Bertz CT molecular complexity index is 1670. The van der Waals surface area contributed by atoms with Gasteiger partial charge in [-0.3, -0.25) is 27.7 Å². The summed E-state index contributed by atoms with van der Waals surface area (Å²) in [7, 11) is -16.6. The van der Waals surface area contributed by atoms with Crippen LogP contribution in [-0.4, -0.2) is 108 Å². The van der Waals surface area contributed by atoms with E-state index in [0.29, 0.717) is 12.8 Å². The maximum atomic E-state index is 13.1. The number of carbonyl (C=O) groups excluding carboxylic acids is 2. The van der Waals surface area contributed by atoms with E-state index >= 15 is 0 Å². The molecule has 0 saturated heterocycles. The lowest BCUT2D eigenvalue weighted by Crippen LogP contribution is -2.65. The minimum atomic E-state index is -5.61. The number of carbonyl (C=O) groups is 2. The molecule has 19 nitrogen and oxygen atoms in total. The van der Waals surface area contributed by atoms with Crippen LogP contribution >= 0.6 is 23.5 Å². The molecule has 8 atom stereocenters. The van der Waals surface area contributed by atoms with Crippen molar-refractivity contribution < 1.29 is 90.6 Å². The van der Waals surface area contributed by atoms with E-state index < -0.39 is 91.3 Å². The van der Waals surface area contributed by atoms with Gasteiger partial charge in [0.15, 0.2) is 6.10 Å². The van der Waals surface area contributed by atoms with Gasteiger partial charge in [-0.05, 0) is 77.0 Å². The van der Waals surface area contributed by atoms with Gasteiger partial charge in [0, 0.05) is 12.8 Å². The Hall–Kier alpha value is -2.15. The van der Waals surface area contributed by atoms with Crippen LogP contribution in [0, 0.1) is 0 Å². The number of hydrogen-bond acceptors (Lipinski definition) is 14. The molecule has 0 radical (unpaired) electrons. The minimum Gasteiger partial charge on any atom is -0.462 e. The first kappa shape index (κ1) is 64.9.